The molecule has 196 valence electrons. The largest absolute Gasteiger partial charge is 0.480 e. The van der Waals surface area contributed by atoms with Crippen LogP contribution in [0.25, 0.3) is 10.9 Å². The van der Waals surface area contributed by atoms with Crippen LogP contribution in [0.5, 0.6) is 0 Å². The van der Waals surface area contributed by atoms with Crippen LogP contribution in [0.2, 0.25) is 0 Å². The third kappa shape index (κ3) is 7.63. The molecule has 0 saturated carbocycles. The van der Waals surface area contributed by atoms with Crippen molar-refractivity contribution in [3.8, 4) is 0 Å². The van der Waals surface area contributed by atoms with Crippen molar-refractivity contribution in [3.05, 3.63) is 108 Å². The van der Waals surface area contributed by atoms with Crippen molar-refractivity contribution in [2.24, 2.45) is 0 Å². The van der Waals surface area contributed by atoms with E-state index in [1.54, 1.807) is 6.20 Å². The summed E-state index contributed by atoms with van der Waals surface area (Å²) in [5.74, 6) is -0.951. The third-order valence-corrected chi connectivity index (χ3v) is 7.04. The van der Waals surface area contributed by atoms with Crippen LogP contribution in [-0.2, 0) is 33.1 Å². The average Bonchev–Trinajstić information content (AvgIpc) is 3.34. The van der Waals surface area contributed by atoms with Gasteiger partial charge in [-0.2, -0.15) is 11.8 Å². The zero-order valence-corrected chi connectivity index (χ0v) is 21.4. The number of aromatic nitrogens is 1. The van der Waals surface area contributed by atoms with Gasteiger partial charge in [0.25, 0.3) is 0 Å². The maximum absolute atomic E-state index is 13.3. The summed E-state index contributed by atoms with van der Waals surface area (Å²) in [6.07, 6.45) is 1.17. The Morgan fingerprint density at radius 2 is 1.50 bits per heavy atom. The number of thioether (sulfide) groups is 1. The zero-order valence-electron chi connectivity index (χ0n) is 20.6. The van der Waals surface area contributed by atoms with Crippen LogP contribution < -0.4 is 10.6 Å². The molecule has 8 nitrogen and oxygen atoms in total. The van der Waals surface area contributed by atoms with E-state index in [0.717, 1.165) is 27.6 Å². The average molecular weight is 532 g/mol. The van der Waals surface area contributed by atoms with Crippen molar-refractivity contribution in [2.45, 2.75) is 30.9 Å². The smallest absolute Gasteiger partial charge is 0.408 e. The molecule has 0 aliphatic rings. The van der Waals surface area contributed by atoms with E-state index < -0.39 is 30.1 Å². The highest BCUT2D eigenvalue weighted by atomic mass is 32.2. The number of ether oxygens (including phenoxy) is 1. The molecule has 0 bridgehead atoms. The first kappa shape index (κ1) is 26.8. The molecule has 0 aliphatic heterocycles. The fourth-order valence-electron chi connectivity index (χ4n) is 3.95. The van der Waals surface area contributed by atoms with Crippen LogP contribution in [0.15, 0.2) is 91.1 Å². The Labute approximate surface area is 224 Å². The molecule has 4 rings (SSSR count). The van der Waals surface area contributed by atoms with Crippen LogP contribution in [0.4, 0.5) is 4.79 Å². The van der Waals surface area contributed by atoms with Crippen molar-refractivity contribution in [1.82, 2.24) is 15.6 Å². The summed E-state index contributed by atoms with van der Waals surface area (Å²) in [7, 11) is 0. The van der Waals surface area contributed by atoms with Crippen LogP contribution in [0.3, 0.4) is 0 Å². The normalized spacial score (nSPS) is 12.4. The van der Waals surface area contributed by atoms with Crippen LogP contribution in [0.1, 0.15) is 16.7 Å². The maximum Gasteiger partial charge on any atom is 0.408 e. The number of nitrogens with one attached hydrogen (secondary N) is 3. The number of H-pyrrole nitrogens is 1. The minimum Gasteiger partial charge on any atom is -0.480 e. The number of aromatic amines is 1. The van der Waals surface area contributed by atoms with Gasteiger partial charge >= 0.3 is 12.1 Å². The molecule has 0 unspecified atom stereocenters. The zero-order chi connectivity index (χ0) is 26.7. The summed E-state index contributed by atoms with van der Waals surface area (Å²) >= 11 is 1.41. The predicted molar refractivity (Wildman–Crippen MR) is 148 cm³/mol. The number of rotatable bonds is 12. The third-order valence-electron chi connectivity index (χ3n) is 5.93. The molecule has 1 aromatic heterocycles. The SMILES string of the molecule is O=C(N[C@@H](Cc1c[nH]c2ccccc12)C(=O)N[C@@H](CSCc1ccccc1)C(=O)O)OCc1ccccc1. The quantitative estimate of drug-likeness (QED) is 0.214. The van der Waals surface area contributed by atoms with Crippen molar-refractivity contribution in [1.29, 1.82) is 0 Å². The Morgan fingerprint density at radius 3 is 2.21 bits per heavy atom. The lowest BCUT2D eigenvalue weighted by Gasteiger charge is -2.21. The summed E-state index contributed by atoms with van der Waals surface area (Å²) < 4.78 is 5.32. The number of para-hydroxylation sites is 1. The molecule has 3 aromatic carbocycles. The monoisotopic (exact) mass is 531 g/mol. The number of benzene rings is 3. The molecule has 0 radical (unpaired) electrons. The Kier molecular flexibility index (Phi) is 9.42. The van der Waals surface area contributed by atoms with Crippen LogP contribution >= 0.6 is 11.8 Å². The molecule has 4 aromatic rings. The van der Waals surface area contributed by atoms with Gasteiger partial charge in [0.2, 0.25) is 5.91 Å². The fraction of sp³-hybridized carbons (Fsp3) is 0.207. The molecule has 38 heavy (non-hydrogen) atoms. The van der Waals surface area contributed by atoms with Crippen molar-refractivity contribution in [2.75, 3.05) is 5.75 Å². The van der Waals surface area contributed by atoms with Gasteiger partial charge in [0, 0.05) is 35.0 Å². The molecule has 0 fully saturated rings. The highest BCUT2D eigenvalue weighted by Crippen LogP contribution is 2.20. The van der Waals surface area contributed by atoms with Gasteiger partial charge in [-0.05, 0) is 22.8 Å². The first-order valence-electron chi connectivity index (χ1n) is 12.2. The lowest BCUT2D eigenvalue weighted by Crippen LogP contribution is -2.53. The standard InChI is InChI=1S/C29H29N3O5S/c33-27(31-26(28(34)35)19-38-18-21-11-5-2-6-12-21)25(15-22-16-30-24-14-8-7-13-23(22)24)32-29(36)37-17-20-9-3-1-4-10-20/h1-14,16,25-26,30H,15,17-19H2,(H,31,33)(H,32,36)(H,34,35)/t25-,26-/m0/s1. The Bertz CT molecular complexity index is 1360. The van der Waals surface area contributed by atoms with Gasteiger partial charge in [-0.15, -0.1) is 0 Å². The summed E-state index contributed by atoms with van der Waals surface area (Å²) in [4.78, 5) is 41.0. The molecular formula is C29H29N3O5S. The minimum absolute atomic E-state index is 0.0436. The van der Waals surface area contributed by atoms with E-state index in [4.69, 9.17) is 4.74 Å². The second kappa shape index (κ2) is 13.3. The Balaban J connectivity index is 1.43. The van der Waals surface area contributed by atoms with Gasteiger partial charge in [0.1, 0.15) is 18.7 Å². The maximum atomic E-state index is 13.3. The van der Waals surface area contributed by atoms with Crippen molar-refractivity contribution in [3.63, 3.8) is 0 Å². The van der Waals surface area contributed by atoms with Gasteiger partial charge < -0.3 is 25.5 Å². The molecule has 4 N–H and O–H groups in total. The molecule has 1 heterocycles. The number of alkyl carbamates (subject to hydrolysis) is 1. The number of amides is 2. The molecule has 2 amide bonds. The van der Waals surface area contributed by atoms with Gasteiger partial charge in [0.15, 0.2) is 0 Å². The highest BCUT2D eigenvalue weighted by Gasteiger charge is 2.28. The van der Waals surface area contributed by atoms with Crippen LogP contribution in [-0.4, -0.2) is 45.9 Å². The fourth-order valence-corrected chi connectivity index (χ4v) is 4.96. The molecule has 9 heteroatoms. The minimum atomic E-state index is -1.14. The molecular weight excluding hydrogens is 502 g/mol. The number of carboxylic acids is 1. The van der Waals surface area contributed by atoms with Crippen molar-refractivity contribution < 1.29 is 24.2 Å². The predicted octanol–water partition coefficient (Wildman–Crippen LogP) is 4.51. The summed E-state index contributed by atoms with van der Waals surface area (Å²) in [6, 6.07) is 24.3. The molecule has 0 aliphatic carbocycles. The molecule has 2 atom stereocenters. The van der Waals surface area contributed by atoms with Gasteiger partial charge in [-0.1, -0.05) is 78.9 Å². The van der Waals surface area contributed by atoms with Crippen LogP contribution in [0, 0.1) is 0 Å². The van der Waals surface area contributed by atoms with Gasteiger partial charge in [-0.25, -0.2) is 9.59 Å². The van der Waals surface area contributed by atoms with E-state index in [1.807, 2.05) is 84.9 Å². The van der Waals surface area contributed by atoms with E-state index >= 15 is 0 Å². The number of carboxylic acid groups (broad SMARTS) is 1. The van der Waals surface area contributed by atoms with Crippen molar-refractivity contribution >= 4 is 40.6 Å². The summed E-state index contributed by atoms with van der Waals surface area (Å²) in [5, 5.41) is 15.9. The van der Waals surface area contributed by atoms with Gasteiger partial charge in [0.05, 0.1) is 0 Å². The number of fused-ring (bicyclic) bond motifs is 1. The molecule has 0 spiro atoms. The highest BCUT2D eigenvalue weighted by molar-refractivity contribution is 7.98. The number of hydrogen-bond acceptors (Lipinski definition) is 5. The topological polar surface area (TPSA) is 121 Å². The summed E-state index contributed by atoms with van der Waals surface area (Å²) in [5.41, 5.74) is 3.58. The summed E-state index contributed by atoms with van der Waals surface area (Å²) in [6.45, 7) is 0.0436. The first-order valence-corrected chi connectivity index (χ1v) is 13.3. The van der Waals surface area contributed by atoms with E-state index in [9.17, 15) is 19.5 Å². The second-order valence-electron chi connectivity index (χ2n) is 8.72. The van der Waals surface area contributed by atoms with Gasteiger partial charge in [-0.3, -0.25) is 4.79 Å². The van der Waals surface area contributed by atoms with E-state index in [0.29, 0.717) is 5.75 Å². The Hall–Kier alpha value is -4.24. The second-order valence-corrected chi connectivity index (χ2v) is 9.75. The lowest BCUT2D eigenvalue weighted by molar-refractivity contribution is -0.141. The first-order chi connectivity index (χ1) is 18.5. The van der Waals surface area contributed by atoms with E-state index in [-0.39, 0.29) is 18.8 Å². The number of aliphatic carboxylic acids is 1. The Morgan fingerprint density at radius 1 is 0.842 bits per heavy atom. The number of carbonyl (C=O) groups is 3. The lowest BCUT2D eigenvalue weighted by atomic mass is 10.0. The number of hydrogen-bond donors (Lipinski definition) is 4. The van der Waals surface area contributed by atoms with E-state index in [1.165, 1.54) is 11.8 Å². The molecule has 0 saturated heterocycles. The van der Waals surface area contributed by atoms with E-state index in [2.05, 4.69) is 15.6 Å². The number of carbonyl (C=O) groups excluding carboxylic acids is 2.